The van der Waals surface area contributed by atoms with Crippen LogP contribution in [0, 0.1) is 11.6 Å². The summed E-state index contributed by atoms with van der Waals surface area (Å²) >= 11 is 0. The molecule has 0 bridgehead atoms. The number of nitrogens with two attached hydrogens (primary N) is 1. The van der Waals surface area contributed by atoms with Crippen molar-refractivity contribution in [1.82, 2.24) is 9.88 Å². The first kappa shape index (κ1) is 19.0. The Morgan fingerprint density at radius 2 is 1.97 bits per heavy atom. The summed E-state index contributed by atoms with van der Waals surface area (Å²) in [5.74, 6) is -3.32. The second kappa shape index (κ2) is 6.53. The van der Waals surface area contributed by atoms with Crippen LogP contribution in [-0.4, -0.2) is 41.8 Å². The zero-order chi connectivity index (χ0) is 21.3. The number of nitrogen functional groups attached to an aromatic ring is 1. The van der Waals surface area contributed by atoms with E-state index in [4.69, 9.17) is 5.73 Å². The molecule has 1 saturated carbocycles. The SMILES string of the molecule is CNC1CCC2=C1CN(c1c(F)c(N)c3c(=O)c(C(=O)O)cn(C4CC4)c3c1F)C2. The number of hydrogen-bond donors (Lipinski definition) is 3. The number of rotatable bonds is 4. The number of anilines is 2. The van der Waals surface area contributed by atoms with Gasteiger partial charge in [0.2, 0.25) is 5.43 Å². The van der Waals surface area contributed by atoms with E-state index in [0.717, 1.165) is 37.5 Å². The first-order chi connectivity index (χ1) is 14.3. The number of benzene rings is 1. The van der Waals surface area contributed by atoms with E-state index >= 15 is 8.78 Å². The van der Waals surface area contributed by atoms with Gasteiger partial charge in [0.1, 0.15) is 11.3 Å². The third kappa shape index (κ3) is 2.57. The van der Waals surface area contributed by atoms with E-state index in [9.17, 15) is 14.7 Å². The molecule has 0 spiro atoms. The molecule has 4 N–H and O–H groups in total. The highest BCUT2D eigenvalue weighted by atomic mass is 19.1. The fourth-order valence-corrected chi connectivity index (χ4v) is 4.89. The molecule has 1 aromatic heterocycles. The van der Waals surface area contributed by atoms with Crippen molar-refractivity contribution < 1.29 is 18.7 Å². The minimum absolute atomic E-state index is 0.112. The quantitative estimate of drug-likeness (QED) is 0.523. The first-order valence-electron chi connectivity index (χ1n) is 10.0. The maximum absolute atomic E-state index is 15.8. The molecular formula is C21H22F2N4O3. The fourth-order valence-electron chi connectivity index (χ4n) is 4.89. The van der Waals surface area contributed by atoms with Crippen molar-refractivity contribution in [1.29, 1.82) is 0 Å². The van der Waals surface area contributed by atoms with E-state index in [-0.39, 0.29) is 23.3 Å². The molecule has 1 aliphatic heterocycles. The summed E-state index contributed by atoms with van der Waals surface area (Å²) in [4.78, 5) is 25.9. The summed E-state index contributed by atoms with van der Waals surface area (Å²) in [5, 5.41) is 12.2. The highest BCUT2D eigenvalue weighted by molar-refractivity contribution is 6.00. The van der Waals surface area contributed by atoms with Gasteiger partial charge in [-0.05, 0) is 43.9 Å². The number of nitrogens with one attached hydrogen (secondary N) is 1. The molecule has 7 nitrogen and oxygen atoms in total. The molecule has 0 saturated heterocycles. The zero-order valence-corrected chi connectivity index (χ0v) is 16.5. The second-order valence-corrected chi connectivity index (χ2v) is 8.29. The van der Waals surface area contributed by atoms with Gasteiger partial charge in [0.25, 0.3) is 0 Å². The van der Waals surface area contributed by atoms with E-state index in [2.05, 4.69) is 5.32 Å². The third-order valence-electron chi connectivity index (χ3n) is 6.55. The van der Waals surface area contributed by atoms with Crippen LogP contribution in [0.1, 0.15) is 42.1 Å². The molecule has 0 radical (unpaired) electrons. The van der Waals surface area contributed by atoms with Crippen molar-refractivity contribution in [3.63, 3.8) is 0 Å². The number of hydrogen-bond acceptors (Lipinski definition) is 5. The van der Waals surface area contributed by atoms with Gasteiger partial charge >= 0.3 is 5.97 Å². The van der Waals surface area contributed by atoms with Crippen LogP contribution >= 0.6 is 0 Å². The molecule has 5 rings (SSSR count). The van der Waals surface area contributed by atoms with Crippen LogP contribution in [0.5, 0.6) is 0 Å². The van der Waals surface area contributed by atoms with Gasteiger partial charge in [-0.3, -0.25) is 4.79 Å². The molecule has 0 amide bonds. The van der Waals surface area contributed by atoms with Crippen molar-refractivity contribution in [2.45, 2.75) is 37.8 Å². The van der Waals surface area contributed by atoms with Gasteiger partial charge in [0.15, 0.2) is 11.6 Å². The van der Waals surface area contributed by atoms with Crippen molar-refractivity contribution in [2.24, 2.45) is 0 Å². The molecule has 158 valence electrons. The number of fused-ring (bicyclic) bond motifs is 1. The van der Waals surface area contributed by atoms with E-state index in [1.807, 2.05) is 7.05 Å². The number of carboxylic acid groups (broad SMARTS) is 1. The molecular weight excluding hydrogens is 394 g/mol. The minimum Gasteiger partial charge on any atom is -0.477 e. The number of carbonyl (C=O) groups is 1. The van der Waals surface area contributed by atoms with E-state index < -0.39 is 39.7 Å². The van der Waals surface area contributed by atoms with E-state index in [0.29, 0.717) is 13.1 Å². The topological polar surface area (TPSA) is 101 Å². The van der Waals surface area contributed by atoms with Gasteiger partial charge in [-0.1, -0.05) is 0 Å². The summed E-state index contributed by atoms with van der Waals surface area (Å²) < 4.78 is 32.6. The Bertz CT molecular complexity index is 1200. The van der Waals surface area contributed by atoms with Crippen molar-refractivity contribution >= 4 is 28.2 Å². The van der Waals surface area contributed by atoms with Gasteiger partial charge < -0.3 is 25.6 Å². The lowest BCUT2D eigenvalue weighted by molar-refractivity contribution is 0.0695. The fraction of sp³-hybridized carbons (Fsp3) is 0.429. The molecule has 1 atom stereocenters. The Morgan fingerprint density at radius 1 is 1.23 bits per heavy atom. The Morgan fingerprint density at radius 3 is 2.60 bits per heavy atom. The summed E-state index contributed by atoms with van der Waals surface area (Å²) in [5.41, 5.74) is 5.95. The molecule has 1 fully saturated rings. The maximum Gasteiger partial charge on any atom is 0.341 e. The minimum atomic E-state index is -1.45. The number of nitrogens with zero attached hydrogens (tertiary/aromatic N) is 2. The highest BCUT2D eigenvalue weighted by Crippen LogP contribution is 2.43. The third-order valence-corrected chi connectivity index (χ3v) is 6.55. The Balaban J connectivity index is 1.72. The number of likely N-dealkylation sites (N-methyl/N-ethyl adjacent to an activating group) is 1. The van der Waals surface area contributed by atoms with Gasteiger partial charge in [-0.2, -0.15) is 0 Å². The number of aromatic nitrogens is 1. The van der Waals surface area contributed by atoms with Crippen molar-refractivity contribution in [3.8, 4) is 0 Å². The molecule has 2 aliphatic carbocycles. The van der Waals surface area contributed by atoms with Crippen LogP contribution in [-0.2, 0) is 0 Å². The van der Waals surface area contributed by atoms with Crippen LogP contribution in [0.3, 0.4) is 0 Å². The summed E-state index contributed by atoms with van der Waals surface area (Å²) in [6, 6.07) is 0.0606. The molecule has 1 unspecified atom stereocenters. The molecule has 3 aliphatic rings. The summed E-state index contributed by atoms with van der Waals surface area (Å²) in [6.07, 6.45) is 4.46. The number of aromatic carboxylic acids is 1. The Kier molecular flexibility index (Phi) is 4.15. The standard InChI is InChI=1S/C21H22F2N4O3/c1-25-13-5-2-9-6-26(7-11(9)13)19-15(22)17(24)14-18(16(19)23)27(10-3-4-10)8-12(20(14)28)21(29)30/h8,10,13,25H,2-7,24H2,1H3,(H,29,30). The van der Waals surface area contributed by atoms with Crippen molar-refractivity contribution in [3.05, 3.63) is 44.8 Å². The maximum atomic E-state index is 15.8. The number of carboxylic acids is 1. The Hall–Kier alpha value is -2.94. The predicted octanol–water partition coefficient (Wildman–Crippen LogP) is 2.39. The largest absolute Gasteiger partial charge is 0.477 e. The zero-order valence-electron chi connectivity index (χ0n) is 16.5. The summed E-state index contributed by atoms with van der Waals surface area (Å²) in [7, 11) is 1.87. The highest BCUT2D eigenvalue weighted by Gasteiger charge is 2.37. The second-order valence-electron chi connectivity index (χ2n) is 8.29. The van der Waals surface area contributed by atoms with Crippen LogP contribution in [0.4, 0.5) is 20.2 Å². The van der Waals surface area contributed by atoms with Gasteiger partial charge in [0, 0.05) is 31.4 Å². The lowest BCUT2D eigenvalue weighted by Gasteiger charge is -2.26. The van der Waals surface area contributed by atoms with Crippen LogP contribution < -0.4 is 21.4 Å². The molecule has 9 heteroatoms. The normalized spacial score (nSPS) is 21.0. The number of halogens is 2. The van der Waals surface area contributed by atoms with Gasteiger partial charge in [0.05, 0.1) is 16.6 Å². The smallest absolute Gasteiger partial charge is 0.341 e. The van der Waals surface area contributed by atoms with Gasteiger partial charge in [-0.15, -0.1) is 0 Å². The average Bonchev–Trinajstić information content (AvgIpc) is 3.36. The lowest BCUT2D eigenvalue weighted by atomic mass is 10.1. The van der Waals surface area contributed by atoms with Crippen LogP contribution in [0.15, 0.2) is 22.1 Å². The molecule has 30 heavy (non-hydrogen) atoms. The average molecular weight is 416 g/mol. The molecule has 2 heterocycles. The van der Waals surface area contributed by atoms with E-state index in [1.165, 1.54) is 10.1 Å². The van der Waals surface area contributed by atoms with Crippen LogP contribution in [0.2, 0.25) is 0 Å². The van der Waals surface area contributed by atoms with Crippen molar-refractivity contribution in [2.75, 3.05) is 30.8 Å². The summed E-state index contributed by atoms with van der Waals surface area (Å²) in [6.45, 7) is 0.799. The van der Waals surface area contributed by atoms with E-state index in [1.54, 1.807) is 4.90 Å². The van der Waals surface area contributed by atoms with Crippen LogP contribution in [0.25, 0.3) is 10.9 Å². The molecule has 1 aromatic carbocycles. The predicted molar refractivity (Wildman–Crippen MR) is 109 cm³/mol. The van der Waals surface area contributed by atoms with Gasteiger partial charge in [-0.25, -0.2) is 13.6 Å². The Labute approximate surface area is 170 Å². The monoisotopic (exact) mass is 416 g/mol. The molecule has 2 aromatic rings. The lowest BCUT2D eigenvalue weighted by Crippen LogP contribution is -2.31. The number of pyridine rings is 1. The first-order valence-corrected chi connectivity index (χ1v) is 10.0.